The first-order valence-electron chi connectivity index (χ1n) is 7.65. The van der Waals surface area contributed by atoms with Crippen molar-refractivity contribution in [3.63, 3.8) is 0 Å². The van der Waals surface area contributed by atoms with Crippen LogP contribution in [0.4, 0.5) is 0 Å². The second kappa shape index (κ2) is 7.89. The number of furan rings is 1. The molecule has 0 radical (unpaired) electrons. The largest absolute Gasteiger partial charge is 0.463 e. The van der Waals surface area contributed by atoms with Crippen LogP contribution in [-0.4, -0.2) is 27.8 Å². The van der Waals surface area contributed by atoms with Gasteiger partial charge < -0.3 is 9.15 Å². The van der Waals surface area contributed by atoms with Gasteiger partial charge in [0.15, 0.2) is 5.16 Å². The molecule has 3 rings (SSSR count). The van der Waals surface area contributed by atoms with Crippen molar-refractivity contribution >= 4 is 17.7 Å². The van der Waals surface area contributed by atoms with E-state index in [9.17, 15) is 9.59 Å². The van der Waals surface area contributed by atoms with Crippen LogP contribution < -0.4 is 5.69 Å². The summed E-state index contributed by atoms with van der Waals surface area (Å²) in [4.78, 5) is 23.6. The van der Waals surface area contributed by atoms with Crippen molar-refractivity contribution in [2.24, 2.45) is 0 Å². The van der Waals surface area contributed by atoms with Gasteiger partial charge in [-0.3, -0.25) is 4.57 Å². The number of ether oxygens (including phenoxy) is 1. The van der Waals surface area contributed by atoms with Gasteiger partial charge in [0.1, 0.15) is 0 Å². The van der Waals surface area contributed by atoms with Gasteiger partial charge in [-0.05, 0) is 18.1 Å². The number of hydrogen-bond donors (Lipinski definition) is 1. The van der Waals surface area contributed by atoms with E-state index in [-0.39, 0.29) is 11.4 Å². The third-order valence-corrected chi connectivity index (χ3v) is 4.69. The van der Waals surface area contributed by atoms with Crippen LogP contribution >= 0.6 is 11.8 Å². The normalized spacial score (nSPS) is 10.8. The molecule has 0 amide bonds. The van der Waals surface area contributed by atoms with Crippen LogP contribution in [0.3, 0.4) is 0 Å². The molecule has 1 aromatic carbocycles. The number of benzene rings is 1. The standard InChI is InChI=1S/C17H17N3O4S/c1-23-15(21)14-13(8-10-24-14)11-25-17-19-18-16(22)20(17)9-7-12-5-3-2-4-6-12/h2-6,8,10H,7,9,11H2,1H3,(H,18,22). The summed E-state index contributed by atoms with van der Waals surface area (Å²) in [5.74, 6) is 0.0872. The molecule has 2 aromatic heterocycles. The fourth-order valence-electron chi connectivity index (χ4n) is 2.36. The summed E-state index contributed by atoms with van der Waals surface area (Å²) in [5.41, 5.74) is 1.59. The van der Waals surface area contributed by atoms with E-state index >= 15 is 0 Å². The Morgan fingerprint density at radius 2 is 2.12 bits per heavy atom. The monoisotopic (exact) mass is 359 g/mol. The fourth-order valence-corrected chi connectivity index (χ4v) is 3.31. The molecule has 7 nitrogen and oxygen atoms in total. The number of methoxy groups -OCH3 is 1. The highest BCUT2D eigenvalue weighted by Crippen LogP contribution is 2.23. The second-order valence-electron chi connectivity index (χ2n) is 5.25. The summed E-state index contributed by atoms with van der Waals surface area (Å²) in [5, 5.41) is 7.10. The summed E-state index contributed by atoms with van der Waals surface area (Å²) in [6.45, 7) is 0.525. The number of carbonyl (C=O) groups excluding carboxylic acids is 1. The van der Waals surface area contributed by atoms with Gasteiger partial charge in [-0.15, -0.1) is 5.10 Å². The Labute approximate surface area is 148 Å². The molecule has 3 aromatic rings. The minimum absolute atomic E-state index is 0.170. The highest BCUT2D eigenvalue weighted by Gasteiger charge is 2.17. The van der Waals surface area contributed by atoms with E-state index in [1.165, 1.54) is 25.1 Å². The molecular weight excluding hydrogens is 342 g/mol. The van der Waals surface area contributed by atoms with Crippen LogP contribution in [0.2, 0.25) is 0 Å². The first kappa shape index (κ1) is 17.1. The molecule has 0 saturated carbocycles. The van der Waals surface area contributed by atoms with E-state index in [2.05, 4.69) is 14.9 Å². The number of H-pyrrole nitrogens is 1. The van der Waals surface area contributed by atoms with E-state index in [4.69, 9.17) is 4.42 Å². The zero-order chi connectivity index (χ0) is 17.6. The Bertz CT molecular complexity index is 898. The lowest BCUT2D eigenvalue weighted by atomic mass is 10.1. The highest BCUT2D eigenvalue weighted by atomic mass is 32.2. The van der Waals surface area contributed by atoms with Gasteiger partial charge in [0.25, 0.3) is 0 Å². The van der Waals surface area contributed by atoms with Gasteiger partial charge in [-0.25, -0.2) is 14.7 Å². The number of aromatic amines is 1. The van der Waals surface area contributed by atoms with E-state index in [0.29, 0.717) is 23.0 Å². The average Bonchev–Trinajstić information content (AvgIpc) is 3.25. The molecule has 0 spiro atoms. The third-order valence-electron chi connectivity index (χ3n) is 3.66. The van der Waals surface area contributed by atoms with Crippen LogP contribution in [-0.2, 0) is 23.5 Å². The average molecular weight is 359 g/mol. The third kappa shape index (κ3) is 4.03. The molecule has 130 valence electrons. The van der Waals surface area contributed by atoms with Crippen LogP contribution in [0.1, 0.15) is 21.7 Å². The van der Waals surface area contributed by atoms with Crippen LogP contribution in [0.15, 0.2) is 57.0 Å². The molecule has 8 heteroatoms. The predicted octanol–water partition coefficient (Wildman–Crippen LogP) is 2.49. The van der Waals surface area contributed by atoms with Crippen molar-refractivity contribution in [3.8, 4) is 0 Å². The van der Waals surface area contributed by atoms with Gasteiger partial charge >= 0.3 is 11.7 Å². The van der Waals surface area contributed by atoms with E-state index in [1.807, 2.05) is 30.3 Å². The number of thioether (sulfide) groups is 1. The Morgan fingerprint density at radius 1 is 1.32 bits per heavy atom. The molecule has 0 aliphatic carbocycles. The Morgan fingerprint density at radius 3 is 2.88 bits per heavy atom. The lowest BCUT2D eigenvalue weighted by Crippen LogP contribution is -2.18. The number of aromatic nitrogens is 3. The predicted molar refractivity (Wildman–Crippen MR) is 92.6 cm³/mol. The maximum Gasteiger partial charge on any atom is 0.374 e. The molecule has 0 unspecified atom stereocenters. The van der Waals surface area contributed by atoms with E-state index in [0.717, 1.165) is 12.0 Å². The van der Waals surface area contributed by atoms with Crippen LogP contribution in [0.25, 0.3) is 0 Å². The van der Waals surface area contributed by atoms with Crippen molar-refractivity contribution < 1.29 is 13.9 Å². The number of nitrogens with one attached hydrogen (secondary N) is 1. The van der Waals surface area contributed by atoms with Crippen molar-refractivity contribution in [2.45, 2.75) is 23.9 Å². The van der Waals surface area contributed by atoms with Gasteiger partial charge in [0.05, 0.1) is 13.4 Å². The Kier molecular flexibility index (Phi) is 5.39. The van der Waals surface area contributed by atoms with Crippen molar-refractivity contribution in [1.82, 2.24) is 14.8 Å². The molecule has 25 heavy (non-hydrogen) atoms. The summed E-state index contributed by atoms with van der Waals surface area (Å²) in [6.07, 6.45) is 2.17. The highest BCUT2D eigenvalue weighted by molar-refractivity contribution is 7.98. The van der Waals surface area contributed by atoms with Gasteiger partial charge in [0, 0.05) is 17.9 Å². The molecule has 0 atom stereocenters. The maximum atomic E-state index is 12.0. The summed E-state index contributed by atoms with van der Waals surface area (Å²) < 4.78 is 11.4. The first-order valence-corrected chi connectivity index (χ1v) is 8.64. The summed E-state index contributed by atoms with van der Waals surface area (Å²) >= 11 is 1.36. The molecule has 0 aliphatic rings. The van der Waals surface area contributed by atoms with E-state index < -0.39 is 5.97 Å². The second-order valence-corrected chi connectivity index (χ2v) is 6.20. The van der Waals surface area contributed by atoms with Crippen LogP contribution in [0, 0.1) is 0 Å². The first-order chi connectivity index (χ1) is 12.2. The quantitative estimate of drug-likeness (QED) is 0.515. The number of hydrogen-bond acceptors (Lipinski definition) is 6. The lowest BCUT2D eigenvalue weighted by molar-refractivity contribution is 0.0564. The molecule has 2 heterocycles. The van der Waals surface area contributed by atoms with Gasteiger partial charge in [-0.1, -0.05) is 42.1 Å². The van der Waals surface area contributed by atoms with Crippen LogP contribution in [0.5, 0.6) is 0 Å². The summed E-state index contributed by atoms with van der Waals surface area (Å²) in [7, 11) is 1.30. The van der Waals surface area contributed by atoms with Crippen molar-refractivity contribution in [3.05, 3.63) is 70.0 Å². The number of nitrogens with zero attached hydrogens (tertiary/aromatic N) is 2. The minimum atomic E-state index is -0.524. The van der Waals surface area contributed by atoms with Gasteiger partial charge in [0.2, 0.25) is 5.76 Å². The number of rotatable bonds is 7. The molecule has 1 N–H and O–H groups in total. The zero-order valence-electron chi connectivity index (χ0n) is 13.6. The molecular formula is C17H17N3O4S. The number of esters is 1. The zero-order valence-corrected chi connectivity index (χ0v) is 14.4. The Hall–Kier alpha value is -2.74. The lowest BCUT2D eigenvalue weighted by Gasteiger charge is -2.06. The van der Waals surface area contributed by atoms with Crippen molar-refractivity contribution in [2.75, 3.05) is 7.11 Å². The minimum Gasteiger partial charge on any atom is -0.463 e. The molecule has 0 saturated heterocycles. The Balaban J connectivity index is 1.69. The maximum absolute atomic E-state index is 12.0. The fraction of sp³-hybridized carbons (Fsp3) is 0.235. The van der Waals surface area contributed by atoms with Crippen molar-refractivity contribution in [1.29, 1.82) is 0 Å². The summed E-state index contributed by atoms with van der Waals surface area (Å²) in [6, 6.07) is 11.6. The smallest absolute Gasteiger partial charge is 0.374 e. The number of carbonyl (C=O) groups is 1. The topological polar surface area (TPSA) is 90.1 Å². The molecule has 0 bridgehead atoms. The molecule has 0 aliphatic heterocycles. The van der Waals surface area contributed by atoms with Gasteiger partial charge in [-0.2, -0.15) is 0 Å². The number of aryl methyl sites for hydroxylation is 1. The van der Waals surface area contributed by atoms with E-state index in [1.54, 1.807) is 10.6 Å². The SMILES string of the molecule is COC(=O)c1occc1CSc1n[nH]c(=O)n1CCc1ccccc1. The molecule has 0 fully saturated rings.